The van der Waals surface area contributed by atoms with Gasteiger partial charge in [0.05, 0.1) is 29.0 Å². The number of ketones is 2. The molecule has 1 aliphatic heterocycles. The maximum Gasteiger partial charge on any atom is 0.330 e. The van der Waals surface area contributed by atoms with Crippen LogP contribution in [0.25, 0.3) is 0 Å². The Bertz CT molecular complexity index is 1150. The molecule has 0 spiro atoms. The highest BCUT2D eigenvalue weighted by Crippen LogP contribution is 2.42. The van der Waals surface area contributed by atoms with Crippen LogP contribution >= 0.6 is 0 Å². The number of nitrogens with zero attached hydrogens (tertiary/aromatic N) is 1. The second kappa shape index (κ2) is 7.14. The van der Waals surface area contributed by atoms with E-state index in [2.05, 4.69) is 6.58 Å². The van der Waals surface area contributed by atoms with Gasteiger partial charge in [0.25, 0.3) is 5.91 Å². The van der Waals surface area contributed by atoms with Crippen molar-refractivity contribution in [2.75, 3.05) is 24.6 Å². The van der Waals surface area contributed by atoms with E-state index >= 15 is 0 Å². The molecule has 2 aromatic carbocycles. The zero-order chi connectivity index (χ0) is 21.6. The third-order valence-corrected chi connectivity index (χ3v) is 5.39. The highest BCUT2D eigenvalue weighted by molar-refractivity contribution is 6.33. The summed E-state index contributed by atoms with van der Waals surface area (Å²) in [5.41, 5.74) is 13.8. The fourth-order valence-electron chi connectivity index (χ4n) is 3.96. The molecule has 4 rings (SSSR count). The third kappa shape index (κ3) is 2.76. The largest absolute Gasteiger partial charge is 0.462 e. The number of ether oxygens (including phenoxy) is 1. The molecular formula is C22H19N3O5. The lowest BCUT2D eigenvalue weighted by Gasteiger charge is -2.22. The van der Waals surface area contributed by atoms with E-state index in [0.717, 1.165) is 6.08 Å². The topological polar surface area (TPSA) is 133 Å². The summed E-state index contributed by atoms with van der Waals surface area (Å²) in [5.74, 6) is -1.71. The molecule has 0 fully saturated rings. The van der Waals surface area contributed by atoms with E-state index in [0.29, 0.717) is 18.5 Å². The standard InChI is InChI=1S/C22H19N3O5/c1-2-14(26)30-9-5-8-25-10-13-15(22(25)29)19(24)17-16(18(13)23)20(27)11-6-3-4-7-12(11)21(17)28/h2-4,6-7H,1,5,8-10,23-24H2. The number of nitrogen functional groups attached to an aromatic ring is 2. The highest BCUT2D eigenvalue weighted by atomic mass is 16.5. The first-order valence-corrected chi connectivity index (χ1v) is 9.37. The van der Waals surface area contributed by atoms with E-state index in [1.807, 2.05) is 0 Å². The fourth-order valence-corrected chi connectivity index (χ4v) is 3.96. The summed E-state index contributed by atoms with van der Waals surface area (Å²) >= 11 is 0. The molecule has 0 saturated carbocycles. The number of hydrogen-bond acceptors (Lipinski definition) is 7. The molecule has 0 atom stereocenters. The molecule has 1 heterocycles. The van der Waals surface area contributed by atoms with E-state index in [-0.39, 0.29) is 64.0 Å². The molecule has 1 aliphatic carbocycles. The molecule has 0 radical (unpaired) electrons. The normalized spacial score (nSPS) is 14.3. The Labute approximate surface area is 172 Å². The van der Waals surface area contributed by atoms with E-state index in [4.69, 9.17) is 16.2 Å². The lowest BCUT2D eigenvalue weighted by molar-refractivity contribution is -0.137. The zero-order valence-electron chi connectivity index (χ0n) is 16.1. The van der Waals surface area contributed by atoms with Crippen LogP contribution in [0.1, 0.15) is 54.2 Å². The van der Waals surface area contributed by atoms with Crippen molar-refractivity contribution in [2.24, 2.45) is 0 Å². The van der Waals surface area contributed by atoms with Gasteiger partial charge < -0.3 is 21.1 Å². The van der Waals surface area contributed by atoms with Gasteiger partial charge >= 0.3 is 5.97 Å². The van der Waals surface area contributed by atoms with E-state index in [9.17, 15) is 19.2 Å². The summed E-state index contributed by atoms with van der Waals surface area (Å²) in [7, 11) is 0. The molecule has 4 N–H and O–H groups in total. The number of carbonyl (C=O) groups excluding carboxylic acids is 4. The van der Waals surface area contributed by atoms with Gasteiger partial charge in [0.15, 0.2) is 11.6 Å². The van der Waals surface area contributed by atoms with Crippen molar-refractivity contribution in [2.45, 2.75) is 13.0 Å². The third-order valence-electron chi connectivity index (χ3n) is 5.39. The van der Waals surface area contributed by atoms with Crippen LogP contribution < -0.4 is 11.5 Å². The van der Waals surface area contributed by atoms with Crippen LogP contribution in [0.4, 0.5) is 11.4 Å². The Morgan fingerprint density at radius 2 is 1.63 bits per heavy atom. The quantitative estimate of drug-likeness (QED) is 0.217. The summed E-state index contributed by atoms with van der Waals surface area (Å²) in [4.78, 5) is 51.7. The molecule has 152 valence electrons. The average molecular weight is 405 g/mol. The van der Waals surface area contributed by atoms with Gasteiger partial charge in [-0.15, -0.1) is 0 Å². The lowest BCUT2D eigenvalue weighted by atomic mass is 9.80. The van der Waals surface area contributed by atoms with Crippen LogP contribution in [-0.4, -0.2) is 41.5 Å². The SMILES string of the molecule is C=CC(=O)OCCCN1Cc2c(N)c3c(c(N)c2C1=O)C(=O)c1ccccc1C3=O. The number of anilines is 2. The molecule has 0 unspecified atom stereocenters. The van der Waals surface area contributed by atoms with Crippen LogP contribution in [0.15, 0.2) is 36.9 Å². The summed E-state index contributed by atoms with van der Waals surface area (Å²) in [6.45, 7) is 3.90. The average Bonchev–Trinajstić information content (AvgIpc) is 3.08. The number of esters is 1. The molecule has 0 aromatic heterocycles. The summed E-state index contributed by atoms with van der Waals surface area (Å²) < 4.78 is 4.92. The number of rotatable bonds is 5. The highest BCUT2D eigenvalue weighted by Gasteiger charge is 2.40. The molecule has 8 heteroatoms. The van der Waals surface area contributed by atoms with Gasteiger partial charge in [-0.25, -0.2) is 4.79 Å². The summed E-state index contributed by atoms with van der Waals surface area (Å²) in [5, 5.41) is 0. The molecule has 1 amide bonds. The minimum Gasteiger partial charge on any atom is -0.462 e. The van der Waals surface area contributed by atoms with Crippen LogP contribution in [0.2, 0.25) is 0 Å². The molecular weight excluding hydrogens is 386 g/mol. The molecule has 30 heavy (non-hydrogen) atoms. The van der Waals surface area contributed by atoms with E-state index in [1.165, 1.54) is 4.90 Å². The Morgan fingerprint density at radius 3 is 2.23 bits per heavy atom. The smallest absolute Gasteiger partial charge is 0.330 e. The first-order valence-electron chi connectivity index (χ1n) is 9.37. The minimum atomic E-state index is -0.538. The Kier molecular flexibility index (Phi) is 4.62. The Hall–Kier alpha value is -3.94. The van der Waals surface area contributed by atoms with Crippen molar-refractivity contribution < 1.29 is 23.9 Å². The van der Waals surface area contributed by atoms with Crippen molar-refractivity contribution in [1.29, 1.82) is 0 Å². The van der Waals surface area contributed by atoms with Crippen molar-refractivity contribution in [1.82, 2.24) is 4.90 Å². The predicted octanol–water partition coefficient (Wildman–Crippen LogP) is 1.70. The van der Waals surface area contributed by atoms with Gasteiger partial charge in [-0.05, 0) is 6.42 Å². The number of hydrogen-bond donors (Lipinski definition) is 2. The molecule has 2 aromatic rings. The summed E-state index contributed by atoms with van der Waals surface area (Å²) in [6, 6.07) is 6.46. The Balaban J connectivity index is 1.69. The predicted molar refractivity (Wildman–Crippen MR) is 109 cm³/mol. The van der Waals surface area contributed by atoms with Gasteiger partial charge in [-0.1, -0.05) is 30.8 Å². The second-order valence-corrected chi connectivity index (χ2v) is 7.09. The minimum absolute atomic E-state index is 0.00920. The van der Waals surface area contributed by atoms with Crippen molar-refractivity contribution >= 4 is 34.8 Å². The molecule has 0 saturated heterocycles. The van der Waals surface area contributed by atoms with Gasteiger partial charge in [-0.2, -0.15) is 0 Å². The number of amides is 1. The zero-order valence-corrected chi connectivity index (χ0v) is 16.1. The second-order valence-electron chi connectivity index (χ2n) is 7.09. The fraction of sp³-hybridized carbons (Fsp3) is 0.182. The van der Waals surface area contributed by atoms with Gasteiger partial charge in [0.2, 0.25) is 0 Å². The molecule has 0 bridgehead atoms. The van der Waals surface area contributed by atoms with Crippen LogP contribution in [0.3, 0.4) is 0 Å². The van der Waals surface area contributed by atoms with Crippen LogP contribution in [-0.2, 0) is 16.1 Å². The van der Waals surface area contributed by atoms with E-state index < -0.39 is 11.8 Å². The Morgan fingerprint density at radius 1 is 1.03 bits per heavy atom. The lowest BCUT2D eigenvalue weighted by Crippen LogP contribution is -2.27. The van der Waals surface area contributed by atoms with Crippen LogP contribution in [0, 0.1) is 0 Å². The number of nitrogens with two attached hydrogens (primary N) is 2. The number of benzene rings is 2. The first-order chi connectivity index (χ1) is 14.4. The number of fused-ring (bicyclic) bond motifs is 3. The van der Waals surface area contributed by atoms with Crippen molar-refractivity contribution in [3.63, 3.8) is 0 Å². The van der Waals surface area contributed by atoms with Crippen molar-refractivity contribution in [3.05, 3.63) is 70.3 Å². The maximum absolute atomic E-state index is 13.0. The summed E-state index contributed by atoms with van der Waals surface area (Å²) in [6.07, 6.45) is 1.47. The molecule has 2 aliphatic rings. The van der Waals surface area contributed by atoms with Gasteiger partial charge in [-0.3, -0.25) is 14.4 Å². The number of carbonyl (C=O) groups is 4. The van der Waals surface area contributed by atoms with Crippen LogP contribution in [0.5, 0.6) is 0 Å². The monoisotopic (exact) mass is 405 g/mol. The van der Waals surface area contributed by atoms with E-state index in [1.54, 1.807) is 24.3 Å². The van der Waals surface area contributed by atoms with Gasteiger partial charge in [0.1, 0.15) is 0 Å². The maximum atomic E-state index is 13.0. The van der Waals surface area contributed by atoms with Crippen molar-refractivity contribution in [3.8, 4) is 0 Å². The first kappa shape index (κ1) is 19.4. The van der Waals surface area contributed by atoms with Gasteiger partial charge in [0, 0.05) is 41.5 Å². The molecule has 8 nitrogen and oxygen atoms in total.